The molecule has 0 aliphatic carbocycles. The van der Waals surface area contributed by atoms with Crippen LogP contribution in [0.15, 0.2) is 48.5 Å². The van der Waals surface area contributed by atoms with Crippen LogP contribution in [0.5, 0.6) is 0 Å². The molecule has 106 valence electrons. The minimum atomic E-state index is 0.671. The molecule has 1 heterocycles. The molecule has 0 aliphatic heterocycles. The summed E-state index contributed by atoms with van der Waals surface area (Å²) in [6, 6.07) is 15.9. The van der Waals surface area contributed by atoms with E-state index in [-0.39, 0.29) is 0 Å². The standard InChI is InChI=1S/C16H15ClN4/c1-12-4-2-3-5-15(12)16-18-20-21(19-16)11-10-13-6-8-14(17)9-7-13/h2-9H,10-11H2,1H3. The molecule has 0 fully saturated rings. The second kappa shape index (κ2) is 6.06. The second-order valence-corrected chi connectivity index (χ2v) is 5.34. The Morgan fingerprint density at radius 3 is 2.57 bits per heavy atom. The summed E-state index contributed by atoms with van der Waals surface area (Å²) in [6.07, 6.45) is 0.848. The summed E-state index contributed by atoms with van der Waals surface area (Å²) in [6.45, 7) is 2.74. The molecule has 0 aliphatic rings. The maximum atomic E-state index is 5.87. The van der Waals surface area contributed by atoms with Crippen molar-refractivity contribution in [3.8, 4) is 11.4 Å². The van der Waals surface area contributed by atoms with E-state index in [0.29, 0.717) is 12.4 Å². The topological polar surface area (TPSA) is 43.6 Å². The lowest BCUT2D eigenvalue weighted by Gasteiger charge is -2.01. The summed E-state index contributed by atoms with van der Waals surface area (Å²) < 4.78 is 0. The van der Waals surface area contributed by atoms with Crippen LogP contribution in [0.1, 0.15) is 11.1 Å². The van der Waals surface area contributed by atoms with Crippen LogP contribution in [0.25, 0.3) is 11.4 Å². The maximum Gasteiger partial charge on any atom is 0.205 e. The highest BCUT2D eigenvalue weighted by molar-refractivity contribution is 6.30. The fourth-order valence-corrected chi connectivity index (χ4v) is 2.28. The van der Waals surface area contributed by atoms with Gasteiger partial charge in [-0.25, -0.2) is 0 Å². The lowest BCUT2D eigenvalue weighted by Crippen LogP contribution is -2.05. The number of aromatic nitrogens is 4. The first-order chi connectivity index (χ1) is 10.2. The summed E-state index contributed by atoms with van der Waals surface area (Å²) in [5, 5.41) is 13.4. The van der Waals surface area contributed by atoms with Crippen LogP contribution in [0.2, 0.25) is 5.02 Å². The predicted octanol–water partition coefficient (Wildman–Crippen LogP) is 3.54. The molecule has 0 amide bonds. The van der Waals surface area contributed by atoms with Gasteiger partial charge in [0.25, 0.3) is 0 Å². The van der Waals surface area contributed by atoms with Gasteiger partial charge in [0.1, 0.15) is 0 Å². The fraction of sp³-hybridized carbons (Fsp3) is 0.188. The average Bonchev–Trinajstić information content (AvgIpc) is 2.96. The van der Waals surface area contributed by atoms with Gasteiger partial charge in [-0.15, -0.1) is 10.2 Å². The van der Waals surface area contributed by atoms with Crippen molar-refractivity contribution in [1.82, 2.24) is 20.2 Å². The Bertz CT molecular complexity index is 734. The minimum Gasteiger partial charge on any atom is -0.164 e. The molecule has 3 rings (SSSR count). The molecule has 0 saturated heterocycles. The second-order valence-electron chi connectivity index (χ2n) is 4.90. The summed E-state index contributed by atoms with van der Waals surface area (Å²) >= 11 is 5.87. The van der Waals surface area contributed by atoms with Crippen LogP contribution in [-0.4, -0.2) is 20.2 Å². The molecule has 2 aromatic carbocycles. The molecule has 0 N–H and O–H groups in total. The molecule has 0 radical (unpaired) electrons. The third-order valence-corrected chi connectivity index (χ3v) is 3.60. The van der Waals surface area contributed by atoms with Crippen molar-refractivity contribution >= 4 is 11.6 Å². The quantitative estimate of drug-likeness (QED) is 0.740. The molecule has 0 bridgehead atoms. The zero-order valence-electron chi connectivity index (χ0n) is 11.7. The average molecular weight is 299 g/mol. The molecule has 4 nitrogen and oxygen atoms in total. The van der Waals surface area contributed by atoms with E-state index in [9.17, 15) is 0 Å². The summed E-state index contributed by atoms with van der Waals surface area (Å²) in [7, 11) is 0. The van der Waals surface area contributed by atoms with E-state index in [4.69, 9.17) is 11.6 Å². The summed E-state index contributed by atoms with van der Waals surface area (Å²) in [5.41, 5.74) is 3.37. The largest absolute Gasteiger partial charge is 0.205 e. The summed E-state index contributed by atoms with van der Waals surface area (Å²) in [4.78, 5) is 1.64. The lowest BCUT2D eigenvalue weighted by molar-refractivity contribution is 0.523. The van der Waals surface area contributed by atoms with Crippen LogP contribution >= 0.6 is 11.6 Å². The Labute approximate surface area is 128 Å². The van der Waals surface area contributed by atoms with Crippen molar-refractivity contribution in [3.63, 3.8) is 0 Å². The van der Waals surface area contributed by atoms with Gasteiger partial charge in [0, 0.05) is 10.6 Å². The zero-order chi connectivity index (χ0) is 14.7. The number of hydrogen-bond donors (Lipinski definition) is 0. The number of rotatable bonds is 4. The molecular weight excluding hydrogens is 284 g/mol. The highest BCUT2D eigenvalue weighted by Crippen LogP contribution is 2.18. The van der Waals surface area contributed by atoms with Gasteiger partial charge in [0.15, 0.2) is 0 Å². The molecule has 0 unspecified atom stereocenters. The molecule has 0 spiro atoms. The van der Waals surface area contributed by atoms with E-state index in [2.05, 4.69) is 15.4 Å². The van der Waals surface area contributed by atoms with Gasteiger partial charge < -0.3 is 0 Å². The smallest absolute Gasteiger partial charge is 0.164 e. The van der Waals surface area contributed by atoms with Crippen molar-refractivity contribution in [2.75, 3.05) is 0 Å². The van der Waals surface area contributed by atoms with E-state index >= 15 is 0 Å². The molecule has 21 heavy (non-hydrogen) atoms. The monoisotopic (exact) mass is 298 g/mol. The van der Waals surface area contributed by atoms with Gasteiger partial charge >= 0.3 is 0 Å². The van der Waals surface area contributed by atoms with Gasteiger partial charge in [-0.3, -0.25) is 0 Å². The first-order valence-electron chi connectivity index (χ1n) is 6.80. The molecule has 0 atom stereocenters. The third kappa shape index (κ3) is 3.28. The number of tetrazole rings is 1. The van der Waals surface area contributed by atoms with Gasteiger partial charge in [0.05, 0.1) is 6.54 Å². The van der Waals surface area contributed by atoms with Gasteiger partial charge in [0.2, 0.25) is 5.82 Å². The van der Waals surface area contributed by atoms with Gasteiger partial charge in [-0.2, -0.15) is 4.80 Å². The fourth-order valence-electron chi connectivity index (χ4n) is 2.15. The van der Waals surface area contributed by atoms with E-state index in [1.807, 2.05) is 55.5 Å². The highest BCUT2D eigenvalue weighted by Gasteiger charge is 2.08. The van der Waals surface area contributed by atoms with Crippen molar-refractivity contribution in [3.05, 3.63) is 64.7 Å². The number of nitrogens with zero attached hydrogens (tertiary/aromatic N) is 4. The van der Waals surface area contributed by atoms with E-state index in [0.717, 1.165) is 22.6 Å². The molecule has 1 aromatic heterocycles. The maximum absolute atomic E-state index is 5.87. The molecular formula is C16H15ClN4. The Morgan fingerprint density at radius 2 is 1.81 bits per heavy atom. The van der Waals surface area contributed by atoms with E-state index in [1.54, 1.807) is 4.80 Å². The number of hydrogen-bond acceptors (Lipinski definition) is 3. The molecule has 0 saturated carbocycles. The predicted molar refractivity (Wildman–Crippen MR) is 83.1 cm³/mol. The number of benzene rings is 2. The Balaban J connectivity index is 1.71. The SMILES string of the molecule is Cc1ccccc1-c1nnn(CCc2ccc(Cl)cc2)n1. The van der Waals surface area contributed by atoms with E-state index in [1.165, 1.54) is 5.56 Å². The minimum absolute atomic E-state index is 0.671. The molecule has 3 aromatic rings. The van der Waals surface area contributed by atoms with Crippen molar-refractivity contribution in [2.24, 2.45) is 0 Å². The first kappa shape index (κ1) is 13.8. The van der Waals surface area contributed by atoms with Gasteiger partial charge in [-0.1, -0.05) is 48.0 Å². The molecule has 5 heteroatoms. The number of halogens is 1. The lowest BCUT2D eigenvalue weighted by atomic mass is 10.1. The van der Waals surface area contributed by atoms with E-state index < -0.39 is 0 Å². The Kier molecular flexibility index (Phi) is 3.97. The zero-order valence-corrected chi connectivity index (χ0v) is 12.5. The van der Waals surface area contributed by atoms with Crippen LogP contribution < -0.4 is 0 Å². The Morgan fingerprint density at radius 1 is 1.05 bits per heavy atom. The van der Waals surface area contributed by atoms with Crippen LogP contribution in [-0.2, 0) is 13.0 Å². The number of aryl methyl sites for hydroxylation is 3. The van der Waals surface area contributed by atoms with Crippen LogP contribution in [0, 0.1) is 6.92 Å². The van der Waals surface area contributed by atoms with Crippen LogP contribution in [0.3, 0.4) is 0 Å². The van der Waals surface area contributed by atoms with Crippen molar-refractivity contribution in [1.29, 1.82) is 0 Å². The summed E-state index contributed by atoms with van der Waals surface area (Å²) in [5.74, 6) is 0.671. The third-order valence-electron chi connectivity index (χ3n) is 3.35. The van der Waals surface area contributed by atoms with Crippen LogP contribution in [0.4, 0.5) is 0 Å². The highest BCUT2D eigenvalue weighted by atomic mass is 35.5. The first-order valence-corrected chi connectivity index (χ1v) is 7.18. The van der Waals surface area contributed by atoms with Crippen molar-refractivity contribution in [2.45, 2.75) is 19.9 Å². The van der Waals surface area contributed by atoms with Gasteiger partial charge in [-0.05, 0) is 41.8 Å². The normalized spacial score (nSPS) is 10.8. The Hall–Kier alpha value is -2.20. The van der Waals surface area contributed by atoms with Crippen molar-refractivity contribution < 1.29 is 0 Å².